The summed E-state index contributed by atoms with van der Waals surface area (Å²) in [7, 11) is 1.52. The maximum absolute atomic E-state index is 12.4. The zero-order valence-electron chi connectivity index (χ0n) is 17.1. The van der Waals surface area contributed by atoms with Crippen molar-refractivity contribution in [3.05, 3.63) is 64.9 Å². The topological polar surface area (TPSA) is 98.1 Å². The molecule has 0 radical (unpaired) electrons. The van der Waals surface area contributed by atoms with E-state index in [2.05, 4.69) is 20.8 Å². The van der Waals surface area contributed by atoms with Gasteiger partial charge in [0.25, 0.3) is 5.91 Å². The first-order valence-corrected chi connectivity index (χ1v) is 10.9. The highest BCUT2D eigenvalue weighted by atomic mass is 35.5. The SMILES string of the molecule is CCn1c(CNC(=O)c2ccccc2)nnc1SCC(=O)Nc1cc(Cl)ccc1OC. The Morgan fingerprint density at radius 1 is 1.16 bits per heavy atom. The molecule has 0 saturated carbocycles. The third kappa shape index (κ3) is 5.99. The molecule has 3 aromatic rings. The number of nitrogens with zero attached hydrogens (tertiary/aromatic N) is 3. The van der Waals surface area contributed by atoms with E-state index < -0.39 is 0 Å². The number of carbonyl (C=O) groups is 2. The highest BCUT2D eigenvalue weighted by Gasteiger charge is 2.15. The Kier molecular flexibility index (Phi) is 7.91. The van der Waals surface area contributed by atoms with E-state index in [0.717, 1.165) is 0 Å². The van der Waals surface area contributed by atoms with E-state index >= 15 is 0 Å². The lowest BCUT2D eigenvalue weighted by atomic mass is 10.2. The fourth-order valence-electron chi connectivity index (χ4n) is 2.82. The number of thioether (sulfide) groups is 1. The number of amides is 2. The van der Waals surface area contributed by atoms with Crippen molar-refractivity contribution in [1.82, 2.24) is 20.1 Å². The number of carbonyl (C=O) groups excluding carboxylic acids is 2. The molecular weight excluding hydrogens is 438 g/mol. The van der Waals surface area contributed by atoms with Crippen LogP contribution in [0.15, 0.2) is 53.7 Å². The van der Waals surface area contributed by atoms with Crippen molar-refractivity contribution in [2.45, 2.75) is 25.2 Å². The average Bonchev–Trinajstić information content (AvgIpc) is 3.18. The van der Waals surface area contributed by atoms with Crippen molar-refractivity contribution in [1.29, 1.82) is 0 Å². The Morgan fingerprint density at radius 3 is 2.65 bits per heavy atom. The molecule has 31 heavy (non-hydrogen) atoms. The van der Waals surface area contributed by atoms with Gasteiger partial charge in [0.05, 0.1) is 25.1 Å². The van der Waals surface area contributed by atoms with Crippen LogP contribution in [0.4, 0.5) is 5.69 Å². The molecule has 0 aliphatic rings. The molecule has 0 spiro atoms. The molecule has 0 aliphatic carbocycles. The fourth-order valence-corrected chi connectivity index (χ4v) is 3.81. The monoisotopic (exact) mass is 459 g/mol. The van der Waals surface area contributed by atoms with Crippen molar-refractivity contribution < 1.29 is 14.3 Å². The van der Waals surface area contributed by atoms with Gasteiger partial charge in [-0.15, -0.1) is 10.2 Å². The van der Waals surface area contributed by atoms with Gasteiger partial charge in [-0.05, 0) is 37.3 Å². The molecule has 0 aliphatic heterocycles. The van der Waals surface area contributed by atoms with Crippen LogP contribution in [0.2, 0.25) is 5.02 Å². The molecule has 8 nitrogen and oxygen atoms in total. The number of hydrogen-bond acceptors (Lipinski definition) is 6. The summed E-state index contributed by atoms with van der Waals surface area (Å²) in [6.45, 7) is 2.80. The van der Waals surface area contributed by atoms with Crippen LogP contribution in [0.25, 0.3) is 0 Å². The third-order valence-electron chi connectivity index (χ3n) is 4.32. The maximum atomic E-state index is 12.4. The van der Waals surface area contributed by atoms with Gasteiger partial charge in [0.1, 0.15) is 5.75 Å². The maximum Gasteiger partial charge on any atom is 0.251 e. The number of rotatable bonds is 9. The van der Waals surface area contributed by atoms with Crippen LogP contribution >= 0.6 is 23.4 Å². The minimum atomic E-state index is -0.227. The summed E-state index contributed by atoms with van der Waals surface area (Å²) >= 11 is 7.26. The van der Waals surface area contributed by atoms with Crippen molar-refractivity contribution >= 4 is 40.9 Å². The molecule has 10 heteroatoms. The predicted molar refractivity (Wildman–Crippen MR) is 121 cm³/mol. The van der Waals surface area contributed by atoms with E-state index in [1.807, 2.05) is 29.7 Å². The van der Waals surface area contributed by atoms with Gasteiger partial charge in [0.2, 0.25) is 5.91 Å². The number of aromatic nitrogens is 3. The molecule has 0 saturated heterocycles. The molecule has 0 unspecified atom stereocenters. The van der Waals surface area contributed by atoms with E-state index in [1.54, 1.807) is 30.3 Å². The van der Waals surface area contributed by atoms with Crippen LogP contribution in [0.3, 0.4) is 0 Å². The van der Waals surface area contributed by atoms with Gasteiger partial charge < -0.3 is 19.9 Å². The van der Waals surface area contributed by atoms with Gasteiger partial charge in [-0.1, -0.05) is 41.6 Å². The molecule has 1 heterocycles. The van der Waals surface area contributed by atoms with Gasteiger partial charge in [0.15, 0.2) is 11.0 Å². The summed E-state index contributed by atoms with van der Waals surface area (Å²) in [5.74, 6) is 0.858. The summed E-state index contributed by atoms with van der Waals surface area (Å²) < 4.78 is 7.11. The Morgan fingerprint density at radius 2 is 1.94 bits per heavy atom. The summed E-state index contributed by atoms with van der Waals surface area (Å²) in [4.78, 5) is 24.6. The van der Waals surface area contributed by atoms with Crippen LogP contribution in [0, 0.1) is 0 Å². The average molecular weight is 460 g/mol. The number of halogens is 1. The molecule has 0 bridgehead atoms. The normalized spacial score (nSPS) is 10.5. The zero-order chi connectivity index (χ0) is 22.2. The molecule has 2 N–H and O–H groups in total. The standard InChI is InChI=1S/C21H22ClN5O3S/c1-3-27-18(12-23-20(29)14-7-5-4-6-8-14)25-26-21(27)31-13-19(28)24-16-11-15(22)9-10-17(16)30-2/h4-11H,3,12-13H2,1-2H3,(H,23,29)(H,24,28). The van der Waals surface area contributed by atoms with E-state index in [9.17, 15) is 9.59 Å². The van der Waals surface area contributed by atoms with Gasteiger partial charge in [0, 0.05) is 17.1 Å². The number of ether oxygens (including phenoxy) is 1. The number of benzene rings is 2. The van der Waals surface area contributed by atoms with Crippen LogP contribution in [0.1, 0.15) is 23.1 Å². The fraction of sp³-hybridized carbons (Fsp3) is 0.238. The number of anilines is 1. The van der Waals surface area contributed by atoms with E-state index in [0.29, 0.717) is 39.5 Å². The molecule has 2 amide bonds. The highest BCUT2D eigenvalue weighted by Crippen LogP contribution is 2.28. The number of hydrogen-bond donors (Lipinski definition) is 2. The molecular formula is C21H22ClN5O3S. The van der Waals surface area contributed by atoms with Crippen molar-refractivity contribution in [2.24, 2.45) is 0 Å². The minimum absolute atomic E-state index is 0.129. The summed E-state index contributed by atoms with van der Waals surface area (Å²) in [6.07, 6.45) is 0. The molecule has 162 valence electrons. The first-order chi connectivity index (χ1) is 15.0. The summed E-state index contributed by atoms with van der Waals surface area (Å²) in [5, 5.41) is 15.1. The lowest BCUT2D eigenvalue weighted by Gasteiger charge is -2.11. The van der Waals surface area contributed by atoms with Crippen LogP contribution in [-0.2, 0) is 17.9 Å². The lowest BCUT2D eigenvalue weighted by Crippen LogP contribution is -2.24. The number of nitrogens with one attached hydrogen (secondary N) is 2. The van der Waals surface area contributed by atoms with Crippen molar-refractivity contribution in [2.75, 3.05) is 18.2 Å². The second kappa shape index (κ2) is 10.8. The van der Waals surface area contributed by atoms with Gasteiger partial charge in [-0.3, -0.25) is 9.59 Å². The molecule has 1 aromatic heterocycles. The first-order valence-electron chi connectivity index (χ1n) is 9.53. The lowest BCUT2D eigenvalue weighted by molar-refractivity contribution is -0.113. The molecule has 0 atom stereocenters. The van der Waals surface area contributed by atoms with Crippen molar-refractivity contribution in [3.8, 4) is 5.75 Å². The summed E-state index contributed by atoms with van der Waals surface area (Å²) in [6, 6.07) is 14.0. The Hall–Kier alpha value is -3.04. The second-order valence-corrected chi connectivity index (χ2v) is 7.75. The van der Waals surface area contributed by atoms with Crippen LogP contribution < -0.4 is 15.4 Å². The van der Waals surface area contributed by atoms with Gasteiger partial charge in [-0.2, -0.15) is 0 Å². The smallest absolute Gasteiger partial charge is 0.251 e. The highest BCUT2D eigenvalue weighted by molar-refractivity contribution is 7.99. The van der Waals surface area contributed by atoms with Gasteiger partial charge in [-0.25, -0.2) is 0 Å². The van der Waals surface area contributed by atoms with Crippen molar-refractivity contribution in [3.63, 3.8) is 0 Å². The first kappa shape index (κ1) is 22.6. The Balaban J connectivity index is 1.59. The number of methoxy groups -OCH3 is 1. The molecule has 0 fully saturated rings. The van der Waals surface area contributed by atoms with Crippen LogP contribution in [0.5, 0.6) is 5.75 Å². The second-order valence-electron chi connectivity index (χ2n) is 6.37. The Bertz CT molecular complexity index is 1060. The molecule has 3 rings (SSSR count). The zero-order valence-corrected chi connectivity index (χ0v) is 18.7. The van der Waals surface area contributed by atoms with E-state index in [-0.39, 0.29) is 24.1 Å². The van der Waals surface area contributed by atoms with E-state index in [4.69, 9.17) is 16.3 Å². The minimum Gasteiger partial charge on any atom is -0.495 e. The summed E-state index contributed by atoms with van der Waals surface area (Å²) in [5.41, 5.74) is 1.08. The largest absolute Gasteiger partial charge is 0.495 e. The van der Waals surface area contributed by atoms with Gasteiger partial charge >= 0.3 is 0 Å². The third-order valence-corrected chi connectivity index (χ3v) is 5.52. The quantitative estimate of drug-likeness (QED) is 0.474. The van der Waals surface area contributed by atoms with Crippen LogP contribution in [-0.4, -0.2) is 39.4 Å². The molecule has 2 aromatic carbocycles. The Labute approximate surface area is 189 Å². The predicted octanol–water partition coefficient (Wildman–Crippen LogP) is 3.62. The van der Waals surface area contributed by atoms with E-state index in [1.165, 1.54) is 18.9 Å².